The molecule has 0 aliphatic heterocycles. The third-order valence-electron chi connectivity index (χ3n) is 1.96. The molecule has 1 aromatic carbocycles. The lowest BCUT2D eigenvalue weighted by Gasteiger charge is -2.05. The fourth-order valence-corrected chi connectivity index (χ4v) is 1.61. The molecule has 0 atom stereocenters. The molecule has 2 N–H and O–H groups in total. The van der Waals surface area contributed by atoms with Gasteiger partial charge in [-0.2, -0.15) is 0 Å². The summed E-state index contributed by atoms with van der Waals surface area (Å²) in [6.07, 6.45) is 2.17. The van der Waals surface area contributed by atoms with Gasteiger partial charge in [-0.3, -0.25) is 0 Å². The average molecular weight is 176 g/mol. The Morgan fingerprint density at radius 2 is 1.83 bits per heavy atom. The largest absolute Gasteiger partial charge is 0.330 e. The number of nitrogens with two attached hydrogens (primary N) is 1. The number of hydrogen-bond donors (Lipinski definition) is 1. The smallest absolute Gasteiger partial charge is 0.0283 e. The van der Waals surface area contributed by atoms with Gasteiger partial charge in [-0.25, -0.2) is 0 Å². The molecule has 12 heavy (non-hydrogen) atoms. The molecule has 3 radical (unpaired) electrons. The van der Waals surface area contributed by atoms with E-state index < -0.39 is 0 Å². The van der Waals surface area contributed by atoms with E-state index in [0.717, 1.165) is 25.4 Å². The monoisotopic (exact) mass is 176 g/mol. The maximum atomic E-state index is 5.46. The molecule has 0 heterocycles. The van der Waals surface area contributed by atoms with Gasteiger partial charge in [0.25, 0.3) is 0 Å². The van der Waals surface area contributed by atoms with E-state index >= 15 is 0 Å². The van der Waals surface area contributed by atoms with Gasteiger partial charge in [0, 0.05) is 10.2 Å². The molecule has 0 saturated carbocycles. The lowest BCUT2D eigenvalue weighted by atomic mass is 10.0. The van der Waals surface area contributed by atoms with Crippen molar-refractivity contribution in [2.45, 2.75) is 18.9 Å². The van der Waals surface area contributed by atoms with E-state index in [1.165, 1.54) is 11.1 Å². The third-order valence-corrected chi connectivity index (χ3v) is 2.34. The number of benzene rings is 1. The van der Waals surface area contributed by atoms with Crippen molar-refractivity contribution in [2.75, 3.05) is 6.54 Å². The summed E-state index contributed by atoms with van der Waals surface area (Å²) in [4.78, 5) is 0. The van der Waals surface area contributed by atoms with Crippen LogP contribution >= 0.6 is 0 Å². The molecular formula is C10H14NSi. The van der Waals surface area contributed by atoms with Crippen LogP contribution in [0.25, 0.3) is 0 Å². The SMILES string of the molecule is NCCCc1ccccc1C[Si]. The molecule has 1 rings (SSSR count). The van der Waals surface area contributed by atoms with Crippen molar-refractivity contribution in [2.24, 2.45) is 5.73 Å². The first-order valence-electron chi connectivity index (χ1n) is 4.30. The van der Waals surface area contributed by atoms with Gasteiger partial charge in [-0.1, -0.05) is 24.3 Å². The zero-order valence-corrected chi connectivity index (χ0v) is 8.22. The van der Waals surface area contributed by atoms with Crippen LogP contribution in [0.2, 0.25) is 0 Å². The van der Waals surface area contributed by atoms with Gasteiger partial charge in [0.1, 0.15) is 0 Å². The standard InChI is InChI=1S/C10H14NSi/c11-7-3-6-9-4-1-2-5-10(9)8-12/h1-2,4-5H,3,6-8,11H2. The molecule has 0 bridgehead atoms. The Balaban J connectivity index is 2.68. The van der Waals surface area contributed by atoms with Crippen molar-refractivity contribution in [1.82, 2.24) is 0 Å². The van der Waals surface area contributed by atoms with E-state index in [1.807, 2.05) is 0 Å². The van der Waals surface area contributed by atoms with Gasteiger partial charge >= 0.3 is 0 Å². The molecule has 1 aromatic rings. The lowest BCUT2D eigenvalue weighted by molar-refractivity contribution is 0.827. The van der Waals surface area contributed by atoms with Crippen LogP contribution in [-0.4, -0.2) is 16.8 Å². The van der Waals surface area contributed by atoms with Crippen molar-refractivity contribution in [3.63, 3.8) is 0 Å². The summed E-state index contributed by atoms with van der Waals surface area (Å²) in [5.74, 6) is 0. The van der Waals surface area contributed by atoms with E-state index in [2.05, 4.69) is 34.5 Å². The Morgan fingerprint density at radius 3 is 2.42 bits per heavy atom. The Labute approximate surface area is 77.4 Å². The van der Waals surface area contributed by atoms with Crippen molar-refractivity contribution in [3.8, 4) is 0 Å². The first kappa shape index (κ1) is 9.48. The van der Waals surface area contributed by atoms with Crippen molar-refractivity contribution < 1.29 is 0 Å². The van der Waals surface area contributed by atoms with Gasteiger partial charge in [-0.15, -0.1) is 0 Å². The molecule has 63 valence electrons. The Morgan fingerprint density at radius 1 is 1.17 bits per heavy atom. The van der Waals surface area contributed by atoms with Crippen molar-refractivity contribution in [3.05, 3.63) is 35.4 Å². The molecule has 0 unspecified atom stereocenters. The summed E-state index contributed by atoms with van der Waals surface area (Å²) >= 11 is 0. The molecule has 0 saturated heterocycles. The summed E-state index contributed by atoms with van der Waals surface area (Å²) in [6.45, 7) is 0.774. The predicted molar refractivity (Wildman–Crippen MR) is 53.3 cm³/mol. The Kier molecular flexibility index (Phi) is 4.04. The molecule has 0 fully saturated rings. The van der Waals surface area contributed by atoms with Crippen LogP contribution in [0.5, 0.6) is 0 Å². The zero-order valence-electron chi connectivity index (χ0n) is 7.22. The van der Waals surface area contributed by atoms with Gasteiger partial charge < -0.3 is 5.73 Å². The number of hydrogen-bond acceptors (Lipinski definition) is 1. The first-order valence-corrected chi connectivity index (χ1v) is 5.00. The van der Waals surface area contributed by atoms with Crippen LogP contribution in [0.4, 0.5) is 0 Å². The van der Waals surface area contributed by atoms with E-state index in [4.69, 9.17) is 5.73 Å². The van der Waals surface area contributed by atoms with Crippen LogP contribution in [0.1, 0.15) is 17.5 Å². The highest BCUT2D eigenvalue weighted by Crippen LogP contribution is 2.10. The minimum absolute atomic E-state index is 0.774. The fraction of sp³-hybridized carbons (Fsp3) is 0.400. The lowest BCUT2D eigenvalue weighted by Crippen LogP contribution is -2.02. The zero-order chi connectivity index (χ0) is 8.81. The van der Waals surface area contributed by atoms with Gasteiger partial charge in [-0.05, 0) is 36.6 Å². The second kappa shape index (κ2) is 5.12. The van der Waals surface area contributed by atoms with Gasteiger partial charge in [0.15, 0.2) is 0 Å². The molecule has 0 amide bonds. The average Bonchev–Trinajstić information content (AvgIpc) is 2.15. The highest BCUT2D eigenvalue weighted by Gasteiger charge is 1.97. The molecular weight excluding hydrogens is 162 g/mol. The molecule has 1 nitrogen and oxygen atoms in total. The Hall–Kier alpha value is -0.603. The third kappa shape index (κ3) is 2.46. The van der Waals surface area contributed by atoms with Crippen molar-refractivity contribution in [1.29, 1.82) is 0 Å². The Bertz CT molecular complexity index is 235. The van der Waals surface area contributed by atoms with Crippen LogP contribution in [0, 0.1) is 0 Å². The molecule has 0 aliphatic rings. The number of aryl methyl sites for hydroxylation is 1. The molecule has 0 aromatic heterocycles. The highest BCUT2D eigenvalue weighted by atomic mass is 28.1. The second-order valence-corrected chi connectivity index (χ2v) is 3.19. The molecule has 0 spiro atoms. The maximum Gasteiger partial charge on any atom is 0.0283 e. The van der Waals surface area contributed by atoms with Crippen LogP contribution in [0.3, 0.4) is 0 Å². The fourth-order valence-electron chi connectivity index (χ4n) is 1.27. The van der Waals surface area contributed by atoms with Gasteiger partial charge in [0.05, 0.1) is 0 Å². The maximum absolute atomic E-state index is 5.46. The first-order chi connectivity index (χ1) is 5.88. The van der Waals surface area contributed by atoms with Crippen LogP contribution in [0.15, 0.2) is 24.3 Å². The summed E-state index contributed by atoms with van der Waals surface area (Å²) in [5, 5.41) is 0. The summed E-state index contributed by atoms with van der Waals surface area (Å²) in [6, 6.07) is 9.41. The second-order valence-electron chi connectivity index (χ2n) is 2.84. The normalized spacial score (nSPS) is 10.2. The van der Waals surface area contributed by atoms with E-state index in [9.17, 15) is 0 Å². The van der Waals surface area contributed by atoms with E-state index in [0.29, 0.717) is 0 Å². The quantitative estimate of drug-likeness (QED) is 0.686. The predicted octanol–water partition coefficient (Wildman–Crippen LogP) is 1.25. The van der Waals surface area contributed by atoms with Crippen LogP contribution < -0.4 is 5.73 Å². The summed E-state index contributed by atoms with van der Waals surface area (Å²) < 4.78 is 0. The number of rotatable bonds is 4. The highest BCUT2D eigenvalue weighted by molar-refractivity contribution is 6.08. The molecule has 2 heteroatoms. The minimum atomic E-state index is 0.774. The van der Waals surface area contributed by atoms with E-state index in [1.54, 1.807) is 0 Å². The molecule has 0 aliphatic carbocycles. The van der Waals surface area contributed by atoms with Gasteiger partial charge in [0.2, 0.25) is 0 Å². The summed E-state index contributed by atoms with van der Waals surface area (Å²) in [5.41, 5.74) is 8.25. The minimum Gasteiger partial charge on any atom is -0.330 e. The summed E-state index contributed by atoms with van der Waals surface area (Å²) in [7, 11) is 3.52. The van der Waals surface area contributed by atoms with E-state index in [-0.39, 0.29) is 0 Å². The van der Waals surface area contributed by atoms with Crippen molar-refractivity contribution >= 4 is 10.2 Å². The van der Waals surface area contributed by atoms with Crippen LogP contribution in [-0.2, 0) is 12.5 Å². The topological polar surface area (TPSA) is 26.0 Å².